The van der Waals surface area contributed by atoms with Gasteiger partial charge < -0.3 is 9.47 Å². The van der Waals surface area contributed by atoms with Gasteiger partial charge in [0.1, 0.15) is 18.1 Å². The van der Waals surface area contributed by atoms with Gasteiger partial charge in [0.2, 0.25) is 0 Å². The second kappa shape index (κ2) is 7.94. The van der Waals surface area contributed by atoms with Crippen molar-refractivity contribution in [1.29, 1.82) is 0 Å². The van der Waals surface area contributed by atoms with Gasteiger partial charge in [-0.05, 0) is 37.3 Å². The highest BCUT2D eigenvalue weighted by Crippen LogP contribution is 2.24. The topological polar surface area (TPSA) is 77.1 Å². The summed E-state index contributed by atoms with van der Waals surface area (Å²) >= 11 is 3.50. The van der Waals surface area contributed by atoms with Gasteiger partial charge in [-0.3, -0.25) is 0 Å². The average Bonchev–Trinajstić information content (AvgIpc) is 3.12. The SMILES string of the molecule is CCOC(=O)c1n[nH]nc1-c1ccc(OCc2ccccc2Br)cc1. The third-order valence-electron chi connectivity index (χ3n) is 3.50. The van der Waals surface area contributed by atoms with Crippen molar-refractivity contribution in [1.82, 2.24) is 15.4 Å². The summed E-state index contributed by atoms with van der Waals surface area (Å²) in [6.07, 6.45) is 0. The van der Waals surface area contributed by atoms with Crippen molar-refractivity contribution in [3.05, 3.63) is 64.3 Å². The number of halogens is 1. The number of esters is 1. The Morgan fingerprint density at radius 1 is 1.12 bits per heavy atom. The second-order valence-electron chi connectivity index (χ2n) is 5.15. The summed E-state index contributed by atoms with van der Waals surface area (Å²) in [4.78, 5) is 11.9. The normalized spacial score (nSPS) is 10.5. The third kappa shape index (κ3) is 4.06. The second-order valence-corrected chi connectivity index (χ2v) is 6.00. The third-order valence-corrected chi connectivity index (χ3v) is 4.27. The van der Waals surface area contributed by atoms with Gasteiger partial charge in [-0.25, -0.2) is 4.79 Å². The predicted molar refractivity (Wildman–Crippen MR) is 96.2 cm³/mol. The van der Waals surface area contributed by atoms with Crippen molar-refractivity contribution in [3.8, 4) is 17.0 Å². The Labute approximate surface area is 153 Å². The van der Waals surface area contributed by atoms with Crippen LogP contribution in [-0.2, 0) is 11.3 Å². The first kappa shape index (κ1) is 17.2. The van der Waals surface area contributed by atoms with Crippen LogP contribution in [0.1, 0.15) is 23.0 Å². The first-order valence-electron chi connectivity index (χ1n) is 7.73. The molecule has 2 aromatic carbocycles. The van der Waals surface area contributed by atoms with Crippen LogP contribution in [0.3, 0.4) is 0 Å². The number of nitrogens with one attached hydrogen (secondary N) is 1. The number of H-pyrrole nitrogens is 1. The highest BCUT2D eigenvalue weighted by atomic mass is 79.9. The Morgan fingerprint density at radius 2 is 1.88 bits per heavy atom. The van der Waals surface area contributed by atoms with E-state index in [4.69, 9.17) is 9.47 Å². The molecular weight excluding hydrogens is 386 g/mol. The molecule has 0 aliphatic carbocycles. The number of benzene rings is 2. The minimum absolute atomic E-state index is 0.170. The Kier molecular flexibility index (Phi) is 5.45. The molecule has 0 spiro atoms. The molecular formula is C18H16BrN3O3. The maximum atomic E-state index is 11.9. The van der Waals surface area contributed by atoms with Crippen molar-refractivity contribution in [2.75, 3.05) is 6.61 Å². The average molecular weight is 402 g/mol. The lowest BCUT2D eigenvalue weighted by Crippen LogP contribution is -2.06. The lowest BCUT2D eigenvalue weighted by atomic mass is 10.1. The molecule has 0 aliphatic heterocycles. The molecule has 0 bridgehead atoms. The van der Waals surface area contributed by atoms with Crippen LogP contribution in [0.15, 0.2) is 53.0 Å². The van der Waals surface area contributed by atoms with Crippen molar-refractivity contribution in [3.63, 3.8) is 0 Å². The maximum Gasteiger partial charge on any atom is 0.361 e. The molecule has 0 amide bonds. The van der Waals surface area contributed by atoms with E-state index >= 15 is 0 Å². The van der Waals surface area contributed by atoms with E-state index < -0.39 is 5.97 Å². The largest absolute Gasteiger partial charge is 0.489 e. The summed E-state index contributed by atoms with van der Waals surface area (Å²) < 4.78 is 11.8. The summed E-state index contributed by atoms with van der Waals surface area (Å²) in [6.45, 7) is 2.49. The number of nitrogens with zero attached hydrogens (tertiary/aromatic N) is 2. The lowest BCUT2D eigenvalue weighted by Gasteiger charge is -2.08. The van der Waals surface area contributed by atoms with E-state index in [1.807, 2.05) is 48.5 Å². The summed E-state index contributed by atoms with van der Waals surface area (Å²) in [5.41, 5.74) is 2.44. The number of carbonyl (C=O) groups excluding carboxylic acids is 1. The summed E-state index contributed by atoms with van der Waals surface area (Å²) in [5.74, 6) is 0.223. The zero-order chi connectivity index (χ0) is 17.6. The first-order chi connectivity index (χ1) is 12.2. The molecule has 0 aliphatic rings. The molecule has 128 valence electrons. The van der Waals surface area contributed by atoms with Gasteiger partial charge in [0.25, 0.3) is 0 Å². The maximum absolute atomic E-state index is 11.9. The molecule has 1 N–H and O–H groups in total. The van der Waals surface area contributed by atoms with Crippen LogP contribution in [0.5, 0.6) is 5.75 Å². The van der Waals surface area contributed by atoms with Gasteiger partial charge in [0.15, 0.2) is 5.69 Å². The van der Waals surface area contributed by atoms with Crippen LogP contribution in [-0.4, -0.2) is 28.0 Å². The van der Waals surface area contributed by atoms with Gasteiger partial charge in [0.05, 0.1) is 6.61 Å². The van der Waals surface area contributed by atoms with Gasteiger partial charge in [0, 0.05) is 15.6 Å². The summed E-state index contributed by atoms with van der Waals surface area (Å²) in [7, 11) is 0. The molecule has 0 radical (unpaired) electrons. The minimum atomic E-state index is -0.500. The van der Waals surface area contributed by atoms with Crippen LogP contribution in [0.25, 0.3) is 11.3 Å². The summed E-state index contributed by atoms with van der Waals surface area (Å²) in [6, 6.07) is 15.2. The highest BCUT2D eigenvalue weighted by Gasteiger charge is 2.18. The Morgan fingerprint density at radius 3 is 2.60 bits per heavy atom. The molecule has 0 fully saturated rings. The van der Waals surface area contributed by atoms with Crippen molar-refractivity contribution < 1.29 is 14.3 Å². The monoisotopic (exact) mass is 401 g/mol. The lowest BCUT2D eigenvalue weighted by molar-refractivity contribution is 0.0520. The quantitative estimate of drug-likeness (QED) is 0.631. The van der Waals surface area contributed by atoms with Gasteiger partial charge in [-0.1, -0.05) is 34.1 Å². The molecule has 3 rings (SSSR count). The van der Waals surface area contributed by atoms with E-state index in [0.29, 0.717) is 12.3 Å². The molecule has 0 saturated carbocycles. The standard InChI is InChI=1S/C18H16BrN3O3/c1-2-24-18(23)17-16(20-22-21-17)12-7-9-14(10-8-12)25-11-13-5-3-4-6-15(13)19/h3-10H,2,11H2,1H3,(H,20,21,22). The Bertz CT molecular complexity index is 862. The highest BCUT2D eigenvalue weighted by molar-refractivity contribution is 9.10. The van der Waals surface area contributed by atoms with Crippen molar-refractivity contribution >= 4 is 21.9 Å². The fourth-order valence-corrected chi connectivity index (χ4v) is 2.66. The number of rotatable bonds is 6. The van der Waals surface area contributed by atoms with E-state index in [1.165, 1.54) is 0 Å². The molecule has 0 atom stereocenters. The van der Waals surface area contributed by atoms with Gasteiger partial charge in [-0.2, -0.15) is 10.3 Å². The number of aromatic amines is 1. The minimum Gasteiger partial charge on any atom is -0.489 e. The molecule has 0 saturated heterocycles. The van der Waals surface area contributed by atoms with Crippen molar-refractivity contribution in [2.45, 2.75) is 13.5 Å². The van der Waals surface area contributed by atoms with Crippen LogP contribution < -0.4 is 4.74 Å². The number of carbonyl (C=O) groups is 1. The molecule has 1 aromatic heterocycles. The van der Waals surface area contributed by atoms with E-state index in [0.717, 1.165) is 21.3 Å². The fraction of sp³-hybridized carbons (Fsp3) is 0.167. The zero-order valence-corrected chi connectivity index (χ0v) is 15.1. The number of hydrogen-bond donors (Lipinski definition) is 1. The Hall–Kier alpha value is -2.67. The van der Waals surface area contributed by atoms with Crippen molar-refractivity contribution in [2.24, 2.45) is 0 Å². The molecule has 1 heterocycles. The van der Waals surface area contributed by atoms with E-state index in [2.05, 4.69) is 31.3 Å². The molecule has 3 aromatic rings. The van der Waals surface area contributed by atoms with Gasteiger partial charge in [-0.15, -0.1) is 5.10 Å². The predicted octanol–water partition coefficient (Wildman–Crippen LogP) is 3.99. The van der Waals surface area contributed by atoms with Crippen LogP contribution in [0, 0.1) is 0 Å². The molecule has 25 heavy (non-hydrogen) atoms. The van der Waals surface area contributed by atoms with E-state index in [1.54, 1.807) is 6.92 Å². The Balaban J connectivity index is 1.72. The van der Waals surface area contributed by atoms with Crippen LogP contribution in [0.4, 0.5) is 0 Å². The summed E-state index contributed by atoms with van der Waals surface area (Å²) in [5, 5.41) is 10.4. The smallest absolute Gasteiger partial charge is 0.361 e. The van der Waals surface area contributed by atoms with Gasteiger partial charge >= 0.3 is 5.97 Å². The first-order valence-corrected chi connectivity index (χ1v) is 8.53. The zero-order valence-electron chi connectivity index (χ0n) is 13.5. The molecule has 7 heteroatoms. The van der Waals surface area contributed by atoms with E-state index in [-0.39, 0.29) is 12.3 Å². The number of hydrogen-bond acceptors (Lipinski definition) is 5. The number of aromatic nitrogens is 3. The molecule has 6 nitrogen and oxygen atoms in total. The van der Waals surface area contributed by atoms with E-state index in [9.17, 15) is 4.79 Å². The fourth-order valence-electron chi connectivity index (χ4n) is 2.26. The van der Waals surface area contributed by atoms with Crippen LogP contribution in [0.2, 0.25) is 0 Å². The number of ether oxygens (including phenoxy) is 2. The van der Waals surface area contributed by atoms with Crippen LogP contribution >= 0.6 is 15.9 Å². The molecule has 0 unspecified atom stereocenters.